The highest BCUT2D eigenvalue weighted by atomic mass is 32.1. The van der Waals surface area contributed by atoms with E-state index in [1.54, 1.807) is 32.2 Å². The molecule has 1 aromatic carbocycles. The monoisotopic (exact) mass is 415 g/mol. The molecule has 1 heterocycles. The number of hydrogen-bond acceptors (Lipinski definition) is 7. The predicted octanol–water partition coefficient (Wildman–Crippen LogP) is 4.15. The Morgan fingerprint density at radius 2 is 1.76 bits per heavy atom. The molecule has 0 saturated carbocycles. The minimum absolute atomic E-state index is 0.216. The fourth-order valence-corrected chi connectivity index (χ4v) is 2.84. The summed E-state index contributed by atoms with van der Waals surface area (Å²) in [6, 6.07) is 9.53. The van der Waals surface area contributed by atoms with Crippen molar-refractivity contribution in [2.24, 2.45) is 0 Å². The quantitative estimate of drug-likeness (QED) is 0.708. The molecule has 2 aromatic rings. The molecular formula is C20H21N3O5S. The van der Waals surface area contributed by atoms with Gasteiger partial charge in [0.2, 0.25) is 0 Å². The number of carbonyl (C=O) groups is 3. The molecule has 0 saturated heterocycles. The molecule has 0 fully saturated rings. The number of amides is 2. The van der Waals surface area contributed by atoms with Crippen molar-refractivity contribution in [3.05, 3.63) is 46.8 Å². The third kappa shape index (κ3) is 6.62. The number of esters is 1. The molecule has 0 aliphatic heterocycles. The molecule has 0 aliphatic carbocycles. The van der Waals surface area contributed by atoms with Gasteiger partial charge in [0.15, 0.2) is 6.10 Å². The first kappa shape index (κ1) is 21.9. The molecule has 0 unspecified atom stereocenters. The molecule has 29 heavy (non-hydrogen) atoms. The van der Waals surface area contributed by atoms with Gasteiger partial charge in [-0.15, -0.1) is 11.3 Å². The van der Waals surface area contributed by atoms with Gasteiger partial charge in [-0.05, 0) is 63.4 Å². The lowest BCUT2D eigenvalue weighted by atomic mass is 10.2. The van der Waals surface area contributed by atoms with Crippen molar-refractivity contribution in [1.29, 1.82) is 5.26 Å². The van der Waals surface area contributed by atoms with Crippen molar-refractivity contribution in [2.75, 3.05) is 10.6 Å². The van der Waals surface area contributed by atoms with Gasteiger partial charge in [0.05, 0.1) is 11.1 Å². The maximum absolute atomic E-state index is 12.2. The van der Waals surface area contributed by atoms with Gasteiger partial charge in [0, 0.05) is 5.69 Å². The molecule has 0 radical (unpaired) electrons. The second kappa shape index (κ2) is 9.21. The second-order valence-corrected chi connectivity index (χ2v) is 7.93. The Labute approximate surface area is 172 Å². The van der Waals surface area contributed by atoms with Crippen LogP contribution >= 0.6 is 11.3 Å². The summed E-state index contributed by atoms with van der Waals surface area (Å²) in [5, 5.41) is 16.2. The van der Waals surface area contributed by atoms with E-state index in [0.717, 1.165) is 0 Å². The van der Waals surface area contributed by atoms with E-state index in [1.165, 1.54) is 42.5 Å². The Balaban J connectivity index is 1.92. The van der Waals surface area contributed by atoms with Crippen molar-refractivity contribution < 1.29 is 23.9 Å². The second-order valence-electron chi connectivity index (χ2n) is 7.02. The van der Waals surface area contributed by atoms with Gasteiger partial charge in [0.25, 0.3) is 5.91 Å². The molecule has 0 bridgehead atoms. The summed E-state index contributed by atoms with van der Waals surface area (Å²) in [5.74, 6) is -1.23. The molecule has 0 spiro atoms. The summed E-state index contributed by atoms with van der Waals surface area (Å²) >= 11 is 1.21. The van der Waals surface area contributed by atoms with Crippen LogP contribution in [0.2, 0.25) is 0 Å². The zero-order valence-corrected chi connectivity index (χ0v) is 17.3. The highest BCUT2D eigenvalue weighted by Gasteiger charge is 2.21. The van der Waals surface area contributed by atoms with Crippen molar-refractivity contribution in [3.8, 4) is 6.07 Å². The average molecular weight is 415 g/mol. The molecule has 9 heteroatoms. The molecule has 2 N–H and O–H groups in total. The highest BCUT2D eigenvalue weighted by molar-refractivity contribution is 7.14. The van der Waals surface area contributed by atoms with E-state index in [4.69, 9.17) is 14.7 Å². The van der Waals surface area contributed by atoms with Gasteiger partial charge < -0.3 is 14.8 Å². The minimum atomic E-state index is -1.06. The number of benzene rings is 1. The summed E-state index contributed by atoms with van der Waals surface area (Å²) in [7, 11) is 0. The smallest absolute Gasteiger partial charge is 0.412 e. The van der Waals surface area contributed by atoms with E-state index in [1.807, 2.05) is 6.07 Å². The molecule has 0 aliphatic rings. The molecule has 2 amide bonds. The molecular weight excluding hydrogens is 394 g/mol. The number of carbonyl (C=O) groups excluding carboxylic acids is 3. The van der Waals surface area contributed by atoms with Crippen LogP contribution in [0.1, 0.15) is 43.6 Å². The number of hydrogen-bond donors (Lipinski definition) is 2. The van der Waals surface area contributed by atoms with Crippen LogP contribution in [0.15, 0.2) is 35.7 Å². The average Bonchev–Trinajstić information content (AvgIpc) is 3.07. The van der Waals surface area contributed by atoms with Gasteiger partial charge in [-0.1, -0.05) is 0 Å². The van der Waals surface area contributed by atoms with E-state index in [0.29, 0.717) is 16.3 Å². The standard InChI is InChI=1S/C20H21N3O5S/c1-12(16(24)23-17-14(11-21)9-10-29-17)27-18(25)13-5-7-15(8-6-13)22-19(26)28-20(2,3)4/h5-10,12H,1-4H3,(H,22,26)(H,23,24)/t12-/m0/s1. The molecule has 8 nitrogen and oxygen atoms in total. The van der Waals surface area contributed by atoms with E-state index in [9.17, 15) is 14.4 Å². The zero-order chi connectivity index (χ0) is 21.6. The largest absolute Gasteiger partial charge is 0.449 e. The van der Waals surface area contributed by atoms with Crippen LogP contribution in [0.4, 0.5) is 15.5 Å². The lowest BCUT2D eigenvalue weighted by Crippen LogP contribution is -2.30. The van der Waals surface area contributed by atoms with Crippen LogP contribution in [-0.2, 0) is 14.3 Å². The topological polar surface area (TPSA) is 118 Å². The van der Waals surface area contributed by atoms with Crippen LogP contribution in [-0.4, -0.2) is 29.7 Å². The highest BCUT2D eigenvalue weighted by Crippen LogP contribution is 2.22. The van der Waals surface area contributed by atoms with E-state index in [2.05, 4.69) is 10.6 Å². The summed E-state index contributed by atoms with van der Waals surface area (Å²) in [5.41, 5.74) is 0.383. The van der Waals surface area contributed by atoms with E-state index in [-0.39, 0.29) is 5.56 Å². The van der Waals surface area contributed by atoms with Gasteiger partial charge in [-0.2, -0.15) is 5.26 Å². The maximum atomic E-state index is 12.2. The normalized spacial score (nSPS) is 11.7. The number of nitrogens with one attached hydrogen (secondary N) is 2. The third-order valence-corrected chi connectivity index (χ3v) is 4.27. The van der Waals surface area contributed by atoms with Crippen LogP contribution in [0, 0.1) is 11.3 Å². The van der Waals surface area contributed by atoms with Crippen molar-refractivity contribution >= 4 is 40.0 Å². The van der Waals surface area contributed by atoms with Crippen molar-refractivity contribution in [3.63, 3.8) is 0 Å². The molecule has 1 aromatic heterocycles. The molecule has 152 valence electrons. The Bertz CT molecular complexity index is 938. The fraction of sp³-hybridized carbons (Fsp3) is 0.300. The Kier molecular flexibility index (Phi) is 6.96. The summed E-state index contributed by atoms with van der Waals surface area (Å²) in [6.07, 6.45) is -1.67. The number of rotatable bonds is 5. The number of nitrogens with zero attached hydrogens (tertiary/aromatic N) is 1. The Hall–Kier alpha value is -3.38. The first-order valence-corrected chi connectivity index (χ1v) is 9.56. The SMILES string of the molecule is C[C@H](OC(=O)c1ccc(NC(=O)OC(C)(C)C)cc1)C(=O)Nc1sccc1C#N. The van der Waals surface area contributed by atoms with Crippen LogP contribution in [0.5, 0.6) is 0 Å². The van der Waals surface area contributed by atoms with Crippen LogP contribution < -0.4 is 10.6 Å². The van der Waals surface area contributed by atoms with Crippen molar-refractivity contribution in [1.82, 2.24) is 0 Å². The number of nitriles is 1. The minimum Gasteiger partial charge on any atom is -0.449 e. The summed E-state index contributed by atoms with van der Waals surface area (Å²) < 4.78 is 10.3. The van der Waals surface area contributed by atoms with Gasteiger partial charge in [-0.3, -0.25) is 10.1 Å². The van der Waals surface area contributed by atoms with E-state index >= 15 is 0 Å². The Morgan fingerprint density at radius 1 is 1.10 bits per heavy atom. The fourth-order valence-electron chi connectivity index (χ4n) is 2.10. The van der Waals surface area contributed by atoms with Gasteiger partial charge in [-0.25, -0.2) is 9.59 Å². The first-order valence-electron chi connectivity index (χ1n) is 8.68. The lowest BCUT2D eigenvalue weighted by molar-refractivity contribution is -0.123. The predicted molar refractivity (Wildman–Crippen MR) is 109 cm³/mol. The zero-order valence-electron chi connectivity index (χ0n) is 16.4. The third-order valence-electron chi connectivity index (χ3n) is 3.44. The maximum Gasteiger partial charge on any atom is 0.412 e. The Morgan fingerprint density at radius 3 is 2.34 bits per heavy atom. The number of thiophene rings is 1. The molecule has 2 rings (SSSR count). The number of anilines is 2. The van der Waals surface area contributed by atoms with Crippen LogP contribution in [0.25, 0.3) is 0 Å². The van der Waals surface area contributed by atoms with Gasteiger partial charge in [0.1, 0.15) is 16.7 Å². The van der Waals surface area contributed by atoms with E-state index < -0.39 is 29.7 Å². The summed E-state index contributed by atoms with van der Waals surface area (Å²) in [4.78, 5) is 36.2. The summed E-state index contributed by atoms with van der Waals surface area (Å²) in [6.45, 7) is 6.69. The van der Waals surface area contributed by atoms with Crippen molar-refractivity contribution in [2.45, 2.75) is 39.4 Å². The van der Waals surface area contributed by atoms with Gasteiger partial charge >= 0.3 is 12.1 Å². The number of ether oxygens (including phenoxy) is 2. The molecule has 1 atom stereocenters. The van der Waals surface area contributed by atoms with Crippen LogP contribution in [0.3, 0.4) is 0 Å². The first-order chi connectivity index (χ1) is 13.6. The lowest BCUT2D eigenvalue weighted by Gasteiger charge is -2.19.